The van der Waals surface area contributed by atoms with Crippen LogP contribution >= 0.6 is 15.9 Å². The van der Waals surface area contributed by atoms with Gasteiger partial charge in [0.2, 0.25) is 0 Å². The van der Waals surface area contributed by atoms with E-state index in [9.17, 15) is 4.39 Å². The lowest BCUT2D eigenvalue weighted by Crippen LogP contribution is -1.87. The zero-order valence-corrected chi connectivity index (χ0v) is 11.0. The van der Waals surface area contributed by atoms with Gasteiger partial charge < -0.3 is 4.74 Å². The maximum Gasteiger partial charge on any atom is 0.141 e. The van der Waals surface area contributed by atoms with Crippen LogP contribution in [0.2, 0.25) is 0 Å². The van der Waals surface area contributed by atoms with Crippen molar-refractivity contribution in [3.05, 3.63) is 58.3 Å². The Balaban J connectivity index is 2.21. The molecule has 2 aromatic rings. The van der Waals surface area contributed by atoms with Crippen molar-refractivity contribution in [1.82, 2.24) is 0 Å². The Labute approximate surface area is 108 Å². The van der Waals surface area contributed by atoms with Gasteiger partial charge in [0.1, 0.15) is 17.3 Å². The highest BCUT2D eigenvalue weighted by Crippen LogP contribution is 2.30. The van der Waals surface area contributed by atoms with Crippen LogP contribution < -0.4 is 4.74 Å². The molecule has 0 saturated heterocycles. The SMILES string of the molecule is CCc1ccc(Oc2ccc(F)cc2)c(Br)c1. The van der Waals surface area contributed by atoms with Gasteiger partial charge in [0.25, 0.3) is 0 Å². The van der Waals surface area contributed by atoms with Crippen molar-refractivity contribution in [3.8, 4) is 11.5 Å². The van der Waals surface area contributed by atoms with E-state index in [1.54, 1.807) is 12.1 Å². The largest absolute Gasteiger partial charge is 0.456 e. The molecule has 0 saturated carbocycles. The highest BCUT2D eigenvalue weighted by molar-refractivity contribution is 9.10. The molecule has 0 spiro atoms. The van der Waals surface area contributed by atoms with E-state index in [1.165, 1.54) is 17.7 Å². The van der Waals surface area contributed by atoms with E-state index in [4.69, 9.17) is 4.74 Å². The highest BCUT2D eigenvalue weighted by Gasteiger charge is 2.03. The molecule has 2 rings (SSSR count). The number of halogens is 2. The van der Waals surface area contributed by atoms with Gasteiger partial charge >= 0.3 is 0 Å². The van der Waals surface area contributed by atoms with Gasteiger partial charge in [0.15, 0.2) is 0 Å². The number of hydrogen-bond acceptors (Lipinski definition) is 1. The third kappa shape index (κ3) is 3.07. The summed E-state index contributed by atoms with van der Waals surface area (Å²) in [6.45, 7) is 2.10. The molecular formula is C14H12BrFO. The molecule has 3 heteroatoms. The average molecular weight is 295 g/mol. The summed E-state index contributed by atoms with van der Waals surface area (Å²) in [5.74, 6) is 1.09. The fourth-order valence-electron chi connectivity index (χ4n) is 1.48. The molecule has 1 nitrogen and oxygen atoms in total. The molecular weight excluding hydrogens is 283 g/mol. The zero-order chi connectivity index (χ0) is 12.3. The lowest BCUT2D eigenvalue weighted by molar-refractivity contribution is 0.477. The van der Waals surface area contributed by atoms with Crippen LogP contribution in [-0.4, -0.2) is 0 Å². The topological polar surface area (TPSA) is 9.23 Å². The molecule has 0 aliphatic heterocycles. The molecule has 0 radical (unpaired) electrons. The van der Waals surface area contributed by atoms with Gasteiger partial charge in [0, 0.05) is 0 Å². The molecule has 0 heterocycles. The molecule has 0 unspecified atom stereocenters. The van der Waals surface area contributed by atoms with Gasteiger partial charge in [-0.3, -0.25) is 0 Å². The molecule has 0 atom stereocenters. The maximum absolute atomic E-state index is 12.7. The number of ether oxygens (including phenoxy) is 1. The summed E-state index contributed by atoms with van der Waals surface area (Å²) in [7, 11) is 0. The molecule has 0 amide bonds. The Bertz CT molecular complexity index is 508. The predicted octanol–water partition coefficient (Wildman–Crippen LogP) is 4.94. The Morgan fingerprint density at radius 2 is 1.82 bits per heavy atom. The third-order valence-corrected chi connectivity index (χ3v) is 3.07. The van der Waals surface area contributed by atoms with Crippen LogP contribution in [0.3, 0.4) is 0 Å². The van der Waals surface area contributed by atoms with Gasteiger partial charge in [-0.15, -0.1) is 0 Å². The minimum absolute atomic E-state index is 0.266. The fourth-order valence-corrected chi connectivity index (χ4v) is 1.98. The second-order valence-electron chi connectivity index (χ2n) is 3.67. The number of hydrogen-bond donors (Lipinski definition) is 0. The molecule has 17 heavy (non-hydrogen) atoms. The molecule has 0 N–H and O–H groups in total. The molecule has 0 aliphatic rings. The van der Waals surface area contributed by atoms with Gasteiger partial charge in [0.05, 0.1) is 4.47 Å². The van der Waals surface area contributed by atoms with Crippen LogP contribution in [-0.2, 0) is 6.42 Å². The van der Waals surface area contributed by atoms with Gasteiger partial charge in [-0.05, 0) is 64.3 Å². The van der Waals surface area contributed by atoms with Crippen LogP contribution in [0, 0.1) is 5.82 Å². The molecule has 88 valence electrons. The Morgan fingerprint density at radius 3 is 2.41 bits per heavy atom. The number of benzene rings is 2. The van der Waals surface area contributed by atoms with Crippen LogP contribution in [0.1, 0.15) is 12.5 Å². The zero-order valence-electron chi connectivity index (χ0n) is 9.41. The smallest absolute Gasteiger partial charge is 0.141 e. The van der Waals surface area contributed by atoms with Crippen molar-refractivity contribution in [1.29, 1.82) is 0 Å². The summed E-state index contributed by atoms with van der Waals surface area (Å²) in [6.07, 6.45) is 0.982. The minimum atomic E-state index is -0.266. The molecule has 0 bridgehead atoms. The van der Waals surface area contributed by atoms with E-state index < -0.39 is 0 Å². The van der Waals surface area contributed by atoms with E-state index >= 15 is 0 Å². The van der Waals surface area contributed by atoms with Crippen LogP contribution in [0.25, 0.3) is 0 Å². The van der Waals surface area contributed by atoms with Gasteiger partial charge in [-0.2, -0.15) is 0 Å². The summed E-state index contributed by atoms with van der Waals surface area (Å²) in [4.78, 5) is 0. The number of rotatable bonds is 3. The van der Waals surface area contributed by atoms with Crippen molar-refractivity contribution in [2.45, 2.75) is 13.3 Å². The maximum atomic E-state index is 12.7. The first-order chi connectivity index (χ1) is 8.19. The summed E-state index contributed by atoms with van der Waals surface area (Å²) in [5, 5.41) is 0. The van der Waals surface area contributed by atoms with Crippen LogP contribution in [0.15, 0.2) is 46.9 Å². The first-order valence-electron chi connectivity index (χ1n) is 5.41. The van der Waals surface area contributed by atoms with Crippen molar-refractivity contribution in [2.75, 3.05) is 0 Å². The third-order valence-electron chi connectivity index (χ3n) is 2.45. The summed E-state index contributed by atoms with van der Waals surface area (Å²) in [6, 6.07) is 11.9. The molecule has 0 fully saturated rings. The lowest BCUT2D eigenvalue weighted by atomic mass is 10.2. The minimum Gasteiger partial charge on any atom is -0.456 e. The molecule has 0 aromatic heterocycles. The fraction of sp³-hybridized carbons (Fsp3) is 0.143. The molecule has 2 aromatic carbocycles. The van der Waals surface area contributed by atoms with E-state index in [0.29, 0.717) is 5.75 Å². The summed E-state index contributed by atoms with van der Waals surface area (Å²) >= 11 is 3.46. The van der Waals surface area contributed by atoms with Crippen molar-refractivity contribution in [2.24, 2.45) is 0 Å². The van der Waals surface area contributed by atoms with Gasteiger partial charge in [-0.1, -0.05) is 13.0 Å². The van der Waals surface area contributed by atoms with E-state index in [2.05, 4.69) is 22.9 Å². The highest BCUT2D eigenvalue weighted by atomic mass is 79.9. The first kappa shape index (κ1) is 12.1. The second kappa shape index (κ2) is 5.32. The van der Waals surface area contributed by atoms with E-state index in [1.807, 2.05) is 18.2 Å². The summed E-state index contributed by atoms with van der Waals surface area (Å²) in [5.41, 5.74) is 1.24. The monoisotopic (exact) mass is 294 g/mol. The quantitative estimate of drug-likeness (QED) is 0.779. The standard InChI is InChI=1S/C14H12BrFO/c1-2-10-3-8-14(13(15)9-10)17-12-6-4-11(16)5-7-12/h3-9H,2H2,1H3. The van der Waals surface area contributed by atoms with Crippen molar-refractivity contribution < 1.29 is 9.13 Å². The first-order valence-corrected chi connectivity index (χ1v) is 6.20. The Morgan fingerprint density at radius 1 is 1.12 bits per heavy atom. The summed E-state index contributed by atoms with van der Waals surface area (Å²) < 4.78 is 19.3. The van der Waals surface area contributed by atoms with E-state index in [0.717, 1.165) is 16.6 Å². The Kier molecular flexibility index (Phi) is 3.79. The lowest BCUT2D eigenvalue weighted by Gasteiger charge is -2.08. The normalized spacial score (nSPS) is 10.3. The van der Waals surface area contributed by atoms with Crippen LogP contribution in [0.5, 0.6) is 11.5 Å². The Hall–Kier alpha value is -1.35. The van der Waals surface area contributed by atoms with Crippen molar-refractivity contribution in [3.63, 3.8) is 0 Å². The second-order valence-corrected chi connectivity index (χ2v) is 4.53. The van der Waals surface area contributed by atoms with Gasteiger partial charge in [-0.25, -0.2) is 4.39 Å². The van der Waals surface area contributed by atoms with Crippen molar-refractivity contribution >= 4 is 15.9 Å². The average Bonchev–Trinajstić information content (AvgIpc) is 2.34. The molecule has 0 aliphatic carbocycles. The van der Waals surface area contributed by atoms with Crippen LogP contribution in [0.4, 0.5) is 4.39 Å². The van der Waals surface area contributed by atoms with E-state index in [-0.39, 0.29) is 5.82 Å². The predicted molar refractivity (Wildman–Crippen MR) is 70.0 cm³/mol. The number of aryl methyl sites for hydroxylation is 1.